The van der Waals surface area contributed by atoms with Crippen LogP contribution in [0.5, 0.6) is 0 Å². The summed E-state index contributed by atoms with van der Waals surface area (Å²) in [5.74, 6) is 2.04. The molecule has 4 heteroatoms. The lowest BCUT2D eigenvalue weighted by Gasteiger charge is -2.19. The quantitative estimate of drug-likeness (QED) is 0.615. The number of hydrogen-bond acceptors (Lipinski definition) is 4. The second-order valence-electron chi connectivity index (χ2n) is 4.34. The lowest BCUT2D eigenvalue weighted by atomic mass is 9.90. The Kier molecular flexibility index (Phi) is 2.29. The van der Waals surface area contributed by atoms with Crippen molar-refractivity contribution in [1.29, 1.82) is 0 Å². The van der Waals surface area contributed by atoms with Crippen LogP contribution >= 0.6 is 0 Å². The van der Waals surface area contributed by atoms with E-state index in [4.69, 9.17) is 5.73 Å². The van der Waals surface area contributed by atoms with Crippen LogP contribution in [0, 0.1) is 0 Å². The molecule has 4 N–H and O–H groups in total. The molecule has 1 atom stereocenters. The molecule has 2 aliphatic heterocycles. The predicted molar refractivity (Wildman–Crippen MR) is 65.4 cm³/mol. The third-order valence-electron chi connectivity index (χ3n) is 3.34. The molecule has 2 aliphatic rings. The van der Waals surface area contributed by atoms with Gasteiger partial charge in [-0.15, -0.1) is 0 Å². The number of aromatic nitrogens is 1. The molecule has 16 heavy (non-hydrogen) atoms. The van der Waals surface area contributed by atoms with Gasteiger partial charge in [-0.05, 0) is 19.0 Å². The Hall–Kier alpha value is -1.55. The number of fused-ring (bicyclic) bond motifs is 1. The van der Waals surface area contributed by atoms with Crippen LogP contribution in [-0.2, 0) is 0 Å². The molecule has 0 aromatic carbocycles. The first-order valence-electron chi connectivity index (χ1n) is 5.74. The van der Waals surface area contributed by atoms with Crippen LogP contribution in [0.1, 0.15) is 17.9 Å². The SMILES string of the molecule is Nc1ccc2c(n1)NCC2C1=CCNCC1. The Labute approximate surface area is 94.9 Å². The third kappa shape index (κ3) is 1.55. The summed E-state index contributed by atoms with van der Waals surface area (Å²) in [7, 11) is 0. The van der Waals surface area contributed by atoms with Gasteiger partial charge in [-0.2, -0.15) is 0 Å². The van der Waals surface area contributed by atoms with E-state index in [9.17, 15) is 0 Å². The Balaban J connectivity index is 1.93. The van der Waals surface area contributed by atoms with E-state index in [0.29, 0.717) is 11.7 Å². The molecule has 1 aromatic rings. The summed E-state index contributed by atoms with van der Waals surface area (Å²) < 4.78 is 0. The van der Waals surface area contributed by atoms with Gasteiger partial charge in [0.25, 0.3) is 0 Å². The number of nitrogens with one attached hydrogen (secondary N) is 2. The highest BCUT2D eigenvalue weighted by Gasteiger charge is 2.26. The molecule has 0 aliphatic carbocycles. The zero-order valence-electron chi connectivity index (χ0n) is 9.16. The van der Waals surface area contributed by atoms with E-state index in [1.165, 1.54) is 11.1 Å². The third-order valence-corrected chi connectivity index (χ3v) is 3.34. The lowest BCUT2D eigenvalue weighted by Crippen LogP contribution is -2.23. The molecule has 0 saturated carbocycles. The van der Waals surface area contributed by atoms with Crippen molar-refractivity contribution in [2.45, 2.75) is 12.3 Å². The van der Waals surface area contributed by atoms with Crippen LogP contribution in [-0.4, -0.2) is 24.6 Å². The van der Waals surface area contributed by atoms with E-state index in [0.717, 1.165) is 31.9 Å². The Morgan fingerprint density at radius 3 is 3.12 bits per heavy atom. The lowest BCUT2D eigenvalue weighted by molar-refractivity contribution is 0.662. The van der Waals surface area contributed by atoms with Crippen LogP contribution in [0.25, 0.3) is 0 Å². The van der Waals surface area contributed by atoms with Crippen LogP contribution in [0.3, 0.4) is 0 Å². The normalized spacial score (nSPS) is 23.5. The van der Waals surface area contributed by atoms with Gasteiger partial charge in [0, 0.05) is 24.6 Å². The topological polar surface area (TPSA) is 63.0 Å². The first-order valence-corrected chi connectivity index (χ1v) is 5.74. The smallest absolute Gasteiger partial charge is 0.132 e. The predicted octanol–water partition coefficient (Wildman–Crippen LogP) is 1.09. The fourth-order valence-electron chi connectivity index (χ4n) is 2.50. The maximum absolute atomic E-state index is 5.68. The van der Waals surface area contributed by atoms with Crippen molar-refractivity contribution in [2.24, 2.45) is 0 Å². The average molecular weight is 216 g/mol. The van der Waals surface area contributed by atoms with E-state index >= 15 is 0 Å². The zero-order chi connectivity index (χ0) is 11.0. The van der Waals surface area contributed by atoms with Crippen molar-refractivity contribution < 1.29 is 0 Å². The minimum absolute atomic E-state index is 0.491. The number of anilines is 2. The highest BCUT2D eigenvalue weighted by atomic mass is 15.0. The van der Waals surface area contributed by atoms with E-state index in [-0.39, 0.29) is 0 Å². The van der Waals surface area contributed by atoms with Gasteiger partial charge in [-0.1, -0.05) is 17.7 Å². The van der Waals surface area contributed by atoms with Crippen molar-refractivity contribution in [2.75, 3.05) is 30.7 Å². The van der Waals surface area contributed by atoms with Gasteiger partial charge >= 0.3 is 0 Å². The molecule has 84 valence electrons. The van der Waals surface area contributed by atoms with Crippen molar-refractivity contribution in [1.82, 2.24) is 10.3 Å². The van der Waals surface area contributed by atoms with Crippen molar-refractivity contribution in [3.8, 4) is 0 Å². The fourth-order valence-corrected chi connectivity index (χ4v) is 2.50. The number of nitrogen functional groups attached to an aromatic ring is 1. The summed E-state index contributed by atoms with van der Waals surface area (Å²) in [6.45, 7) is 3.03. The molecule has 4 nitrogen and oxygen atoms in total. The highest BCUT2D eigenvalue weighted by Crippen LogP contribution is 2.36. The van der Waals surface area contributed by atoms with Gasteiger partial charge in [0.1, 0.15) is 11.6 Å². The zero-order valence-corrected chi connectivity index (χ0v) is 9.16. The molecule has 0 saturated heterocycles. The number of hydrogen-bond donors (Lipinski definition) is 3. The molecule has 0 radical (unpaired) electrons. The largest absolute Gasteiger partial charge is 0.384 e. The van der Waals surface area contributed by atoms with Gasteiger partial charge in [0.05, 0.1) is 0 Å². The standard InChI is InChI=1S/C12H16N4/c13-11-2-1-9-10(7-15-12(9)16-11)8-3-5-14-6-4-8/h1-3,10,14H,4-7H2,(H3,13,15,16). The van der Waals surface area contributed by atoms with Crippen molar-refractivity contribution in [3.63, 3.8) is 0 Å². The molecular weight excluding hydrogens is 200 g/mol. The number of nitrogens with zero attached hydrogens (tertiary/aromatic N) is 1. The Bertz CT molecular complexity index is 439. The van der Waals surface area contributed by atoms with E-state index in [2.05, 4.69) is 27.8 Å². The number of nitrogens with two attached hydrogens (primary N) is 1. The number of rotatable bonds is 1. The summed E-state index contributed by atoms with van der Waals surface area (Å²) in [6.07, 6.45) is 3.44. The first-order chi connectivity index (χ1) is 7.84. The van der Waals surface area contributed by atoms with Crippen LogP contribution < -0.4 is 16.4 Å². The van der Waals surface area contributed by atoms with Gasteiger partial charge in [-0.3, -0.25) is 0 Å². The summed E-state index contributed by atoms with van der Waals surface area (Å²) in [4.78, 5) is 4.32. The minimum Gasteiger partial charge on any atom is -0.384 e. The maximum atomic E-state index is 5.68. The minimum atomic E-state index is 0.491. The van der Waals surface area contributed by atoms with E-state index in [1.807, 2.05) is 6.07 Å². The van der Waals surface area contributed by atoms with E-state index in [1.54, 1.807) is 0 Å². The second-order valence-corrected chi connectivity index (χ2v) is 4.34. The van der Waals surface area contributed by atoms with Crippen molar-refractivity contribution in [3.05, 3.63) is 29.3 Å². The Morgan fingerprint density at radius 1 is 1.38 bits per heavy atom. The molecule has 1 aromatic heterocycles. The van der Waals surface area contributed by atoms with Crippen molar-refractivity contribution >= 4 is 11.6 Å². The molecule has 0 amide bonds. The summed E-state index contributed by atoms with van der Waals surface area (Å²) in [5, 5.41) is 6.67. The monoisotopic (exact) mass is 216 g/mol. The van der Waals surface area contributed by atoms with Crippen LogP contribution in [0.4, 0.5) is 11.6 Å². The molecular formula is C12H16N4. The molecule has 0 spiro atoms. The number of pyridine rings is 1. The molecule has 3 heterocycles. The molecule has 3 rings (SSSR count). The summed E-state index contributed by atoms with van der Waals surface area (Å²) >= 11 is 0. The summed E-state index contributed by atoms with van der Waals surface area (Å²) in [6, 6.07) is 3.99. The van der Waals surface area contributed by atoms with E-state index < -0.39 is 0 Å². The first kappa shape index (κ1) is 9.66. The molecule has 0 bridgehead atoms. The van der Waals surface area contributed by atoms with Gasteiger partial charge in [-0.25, -0.2) is 4.98 Å². The second kappa shape index (κ2) is 3.79. The highest BCUT2D eigenvalue weighted by molar-refractivity contribution is 5.58. The Morgan fingerprint density at radius 2 is 2.31 bits per heavy atom. The maximum Gasteiger partial charge on any atom is 0.132 e. The van der Waals surface area contributed by atoms with Crippen LogP contribution in [0.15, 0.2) is 23.8 Å². The molecule has 1 unspecified atom stereocenters. The van der Waals surface area contributed by atoms with Gasteiger partial charge in [0.15, 0.2) is 0 Å². The molecule has 0 fully saturated rings. The fraction of sp³-hybridized carbons (Fsp3) is 0.417. The van der Waals surface area contributed by atoms with Crippen LogP contribution in [0.2, 0.25) is 0 Å². The van der Waals surface area contributed by atoms with Gasteiger partial charge < -0.3 is 16.4 Å². The average Bonchev–Trinajstić information content (AvgIpc) is 2.73. The summed E-state index contributed by atoms with van der Waals surface area (Å²) in [5.41, 5.74) is 8.50. The van der Waals surface area contributed by atoms with Gasteiger partial charge in [0.2, 0.25) is 0 Å².